The normalized spacial score (nSPS) is 23.6. The number of carboxylic acid groups (broad SMARTS) is 1. The molecule has 400 valence electrons. The maximum Gasteiger partial charge on any atom is 0.418 e. The highest BCUT2D eigenvalue weighted by atomic mass is 19.1. The molecule has 0 radical (unpaired) electrons. The van der Waals surface area contributed by atoms with Crippen LogP contribution in [0.5, 0.6) is 0 Å². The number of rotatable bonds is 8. The molecule has 0 bridgehead atoms. The third-order valence-corrected chi connectivity index (χ3v) is 14.1. The third kappa shape index (κ3) is 11.4. The molecule has 75 heavy (non-hydrogen) atoms. The molecule has 6 N–H and O–H groups in total. The molecular weight excluding hydrogens is 975 g/mol. The van der Waals surface area contributed by atoms with Crippen LogP contribution in [0, 0.1) is 11.6 Å². The number of urea groups is 2. The first-order valence-corrected chi connectivity index (χ1v) is 24.0. The maximum absolute atomic E-state index is 13.5. The maximum atomic E-state index is 13.5. The lowest BCUT2D eigenvalue weighted by Gasteiger charge is -2.30. The zero-order valence-corrected chi connectivity index (χ0v) is 40.6. The van der Waals surface area contributed by atoms with Crippen molar-refractivity contribution in [3.63, 3.8) is 0 Å². The fraction of sp³-hybridized carbons (Fsp3) is 0.407. The van der Waals surface area contributed by atoms with E-state index in [-0.39, 0.29) is 69.4 Å². The fourth-order valence-electron chi connectivity index (χ4n) is 10.5. The molecule has 21 heteroatoms. The number of hydrogen-bond acceptors (Lipinski definition) is 11. The van der Waals surface area contributed by atoms with Gasteiger partial charge in [-0.15, -0.1) is 0 Å². The van der Waals surface area contributed by atoms with Crippen molar-refractivity contribution in [2.24, 2.45) is 0 Å². The molecule has 0 aromatic heterocycles. The van der Waals surface area contributed by atoms with Crippen molar-refractivity contribution in [1.82, 2.24) is 30.7 Å². The van der Waals surface area contributed by atoms with Gasteiger partial charge >= 0.3 is 30.2 Å². The van der Waals surface area contributed by atoms with Gasteiger partial charge in [-0.05, 0) is 123 Å². The number of carbonyl (C=O) groups is 8. The topological polar surface area (TPSA) is 245 Å². The van der Waals surface area contributed by atoms with Gasteiger partial charge in [0.2, 0.25) is 17.1 Å². The number of aryl methyl sites for hydroxylation is 2. The minimum atomic E-state index is -1.47. The Kier molecular flexibility index (Phi) is 17.3. The lowest BCUT2D eigenvalue weighted by molar-refractivity contribution is -0.144. The Bertz CT molecular complexity index is 2850. The lowest BCUT2D eigenvalue weighted by Crippen LogP contribution is -2.46. The summed E-state index contributed by atoms with van der Waals surface area (Å²) in [7, 11) is 3.00. The molecule has 2 aliphatic carbocycles. The van der Waals surface area contributed by atoms with Crippen molar-refractivity contribution >= 4 is 59.3 Å². The highest BCUT2D eigenvalue weighted by molar-refractivity contribution is 6.07. The number of anilines is 2. The number of nitrogens with zero attached hydrogens (tertiary/aromatic N) is 3. The first-order chi connectivity index (χ1) is 34.9. The van der Waals surface area contributed by atoms with Crippen LogP contribution >= 0.6 is 0 Å². The van der Waals surface area contributed by atoms with Crippen molar-refractivity contribution < 1.29 is 61.7 Å². The highest BCUT2D eigenvalue weighted by Crippen LogP contribution is 2.48. The molecule has 4 aromatic rings. The van der Waals surface area contributed by atoms with Gasteiger partial charge in [-0.3, -0.25) is 19.2 Å². The van der Waals surface area contributed by atoms with E-state index in [0.29, 0.717) is 58.7 Å². The summed E-state index contributed by atoms with van der Waals surface area (Å²) in [6, 6.07) is 22.8. The van der Waals surface area contributed by atoms with E-state index >= 15 is 0 Å². The first kappa shape index (κ1) is 56.4. The van der Waals surface area contributed by atoms with Gasteiger partial charge in [0.05, 0.1) is 6.04 Å². The van der Waals surface area contributed by atoms with E-state index in [1.54, 1.807) is 53.4 Å². The van der Waals surface area contributed by atoms with E-state index in [4.69, 9.17) is 14.6 Å². The fourth-order valence-corrected chi connectivity index (χ4v) is 10.5. The second-order valence-corrected chi connectivity index (χ2v) is 18.8. The van der Waals surface area contributed by atoms with Crippen molar-refractivity contribution in [3.8, 4) is 0 Å². The van der Waals surface area contributed by atoms with Crippen molar-refractivity contribution in [2.75, 3.05) is 37.8 Å². The summed E-state index contributed by atoms with van der Waals surface area (Å²) in [5, 5.41) is 22.5. The Labute approximate surface area is 433 Å². The number of fused-ring (bicyclic) bond motifs is 4. The molecule has 4 saturated heterocycles. The van der Waals surface area contributed by atoms with Crippen LogP contribution in [0.2, 0.25) is 0 Å². The minimum Gasteiger partial charge on any atom is -0.480 e. The molecule has 6 atom stereocenters. The summed E-state index contributed by atoms with van der Waals surface area (Å²) >= 11 is 0. The number of carbonyl (C=O) groups excluding carboxylic acids is 7. The Morgan fingerprint density at radius 3 is 1.56 bits per heavy atom. The average molecular weight is 1040 g/mol. The number of hydrogen-bond donors (Lipinski definition) is 6. The Morgan fingerprint density at radius 1 is 0.653 bits per heavy atom. The van der Waals surface area contributed by atoms with E-state index in [1.807, 2.05) is 19.1 Å². The van der Waals surface area contributed by atoms with E-state index in [2.05, 4.69) is 33.5 Å². The number of halogens is 2. The van der Waals surface area contributed by atoms with Crippen molar-refractivity contribution in [1.29, 1.82) is 0 Å². The van der Waals surface area contributed by atoms with Gasteiger partial charge in [-0.2, -0.15) is 0 Å². The summed E-state index contributed by atoms with van der Waals surface area (Å²) in [5.41, 5.74) is 2.84. The summed E-state index contributed by atoms with van der Waals surface area (Å²) in [6.07, 6.45) is 3.49. The number of imide groups is 2. The van der Waals surface area contributed by atoms with Crippen LogP contribution in [0.15, 0.2) is 84.9 Å². The van der Waals surface area contributed by atoms with Crippen LogP contribution in [0.4, 0.5) is 39.3 Å². The first-order valence-electron chi connectivity index (χ1n) is 24.0. The molecule has 4 fully saturated rings. The van der Waals surface area contributed by atoms with Crippen molar-refractivity contribution in [2.45, 2.75) is 115 Å². The quantitative estimate of drug-likeness (QED) is 0.0983. The van der Waals surface area contributed by atoms with Crippen LogP contribution in [0.25, 0.3) is 0 Å². The van der Waals surface area contributed by atoms with Crippen LogP contribution in [-0.4, -0.2) is 107 Å². The van der Waals surface area contributed by atoms with Crippen LogP contribution in [-0.2, 0) is 52.7 Å². The van der Waals surface area contributed by atoms with E-state index < -0.39 is 54.3 Å². The molecular formula is C54H64F2N8O11. The largest absolute Gasteiger partial charge is 0.480 e. The van der Waals surface area contributed by atoms with Crippen LogP contribution in [0.1, 0.15) is 113 Å². The van der Waals surface area contributed by atoms with Gasteiger partial charge in [0.1, 0.15) is 24.7 Å². The second kappa shape index (κ2) is 23.1. The van der Waals surface area contributed by atoms with Crippen molar-refractivity contribution in [3.05, 3.63) is 130 Å². The van der Waals surface area contributed by atoms with E-state index in [0.717, 1.165) is 34.4 Å². The van der Waals surface area contributed by atoms with E-state index in [1.165, 1.54) is 50.3 Å². The zero-order chi connectivity index (χ0) is 52.4. The van der Waals surface area contributed by atoms with Gasteiger partial charge in [0, 0.05) is 67.6 Å². The molecule has 10 rings (SSSR count). The number of benzene rings is 4. The molecule has 4 heterocycles. The standard InChI is InChI=1S/C26H27FN4O5.C15H15N3O6.C11H14FN.2CH4/c1-15-3-10-21(16-4-6-18(27)7-5-16)31(15)22(32)14-30-23(33)26(36-25(30)35)12-11-17-13-19(8-9-20(17)26)29-24(34)28-2;1-16-13(22)17-9-2-3-10-8(6-9)4-5-15(10)12(21)18(7-11(19)20)14(23)24-15;1-8-2-7-11(13-8)9-3-5-10(12)6-4-9;;/h4-9,13,15,21H,3,10-12,14H2,1-2H3,(H2,28,29,34);2-3,6H,4-5,7H2,1H3,(H,19,20)(H2,16,17,22);3-6,8,11,13H,2,7H2,1H3;2*1H4/t15-,21?,26-;15-;8-,11?;;/m111../s1. The molecule has 19 nitrogen and oxygen atoms in total. The number of aliphatic carboxylic acids is 1. The number of amides is 9. The lowest BCUT2D eigenvalue weighted by atomic mass is 9.94. The zero-order valence-electron chi connectivity index (χ0n) is 40.6. The smallest absolute Gasteiger partial charge is 0.418 e. The predicted octanol–water partition coefficient (Wildman–Crippen LogP) is 8.00. The third-order valence-electron chi connectivity index (χ3n) is 14.1. The summed E-state index contributed by atoms with van der Waals surface area (Å²) in [4.78, 5) is 101. The summed E-state index contributed by atoms with van der Waals surface area (Å²) in [6.45, 7) is 2.95. The van der Waals surface area contributed by atoms with Gasteiger partial charge < -0.3 is 46.1 Å². The summed E-state index contributed by atoms with van der Waals surface area (Å²) < 4.78 is 37.0. The SMILES string of the molecule is C.C.CNC(=O)Nc1ccc2c(c1)CC[C@@]21OC(=O)N(CC(=O)N2C(c3ccc(F)cc3)CC[C@H]2C)C1=O.CNC(=O)Nc1ccc2c(c1)CC[C@@]21OC(=O)N(CC(=O)O)C1=O.C[C@@H]1CCC(c2ccc(F)cc2)N1. The number of ether oxygens (including phenoxy) is 2. The molecule has 6 aliphatic rings. The molecule has 4 aliphatic heterocycles. The molecule has 9 amide bonds. The Balaban J connectivity index is 0.000000201. The molecule has 4 aromatic carbocycles. The van der Waals surface area contributed by atoms with Gasteiger partial charge in [-0.1, -0.05) is 51.3 Å². The van der Waals surface area contributed by atoms with Crippen LogP contribution in [0.3, 0.4) is 0 Å². The number of carboxylic acids is 1. The average Bonchev–Trinajstić information content (AvgIpc) is 4.22. The predicted molar refractivity (Wildman–Crippen MR) is 272 cm³/mol. The van der Waals surface area contributed by atoms with E-state index in [9.17, 15) is 47.1 Å². The second-order valence-electron chi connectivity index (χ2n) is 18.8. The molecule has 2 unspecified atom stereocenters. The Hall–Kier alpha value is -7.94. The highest BCUT2D eigenvalue weighted by Gasteiger charge is 2.60. The van der Waals surface area contributed by atoms with Gasteiger partial charge in [0.15, 0.2) is 0 Å². The minimum absolute atomic E-state index is 0. The Morgan fingerprint density at radius 2 is 1.12 bits per heavy atom. The summed E-state index contributed by atoms with van der Waals surface area (Å²) in [5.74, 6) is -3.39. The number of nitrogens with one attached hydrogen (secondary N) is 5. The molecule has 0 saturated carbocycles. The molecule has 2 spiro atoms. The van der Waals surface area contributed by atoms with Gasteiger partial charge in [0.25, 0.3) is 11.8 Å². The number of likely N-dealkylation sites (tertiary alicyclic amines) is 1. The monoisotopic (exact) mass is 1040 g/mol. The van der Waals surface area contributed by atoms with Crippen LogP contribution < -0.4 is 26.6 Å². The van der Waals surface area contributed by atoms with Gasteiger partial charge in [-0.25, -0.2) is 37.8 Å².